The van der Waals surface area contributed by atoms with Crippen molar-refractivity contribution in [2.75, 3.05) is 0 Å². The second kappa shape index (κ2) is 5.40. The molecule has 0 N–H and O–H groups in total. The lowest BCUT2D eigenvalue weighted by atomic mass is 9.66. The van der Waals surface area contributed by atoms with Crippen LogP contribution in [0.4, 0.5) is 8.78 Å². The second-order valence-corrected chi connectivity index (χ2v) is 7.72. The van der Waals surface area contributed by atoms with Crippen LogP contribution in [0.1, 0.15) is 44.5 Å². The van der Waals surface area contributed by atoms with E-state index in [0.29, 0.717) is 11.1 Å². The average molecular weight is 351 g/mol. The smallest absolute Gasteiger partial charge is 0.186 e. The van der Waals surface area contributed by atoms with E-state index in [2.05, 4.69) is 44.0 Å². The zero-order valence-corrected chi connectivity index (χ0v) is 15.1. The summed E-state index contributed by atoms with van der Waals surface area (Å²) >= 11 is 0. The molecule has 0 unspecified atom stereocenters. The number of rotatable bonds is 1. The van der Waals surface area contributed by atoms with Crippen molar-refractivity contribution in [3.05, 3.63) is 70.9 Å². The number of nitrogens with zero attached hydrogens (tertiary/aromatic N) is 3. The Morgan fingerprint density at radius 1 is 0.885 bits per heavy atom. The van der Waals surface area contributed by atoms with Crippen molar-refractivity contribution < 1.29 is 8.78 Å². The summed E-state index contributed by atoms with van der Waals surface area (Å²) in [6.45, 7) is 8.53. The van der Waals surface area contributed by atoms with Gasteiger partial charge >= 0.3 is 0 Å². The van der Waals surface area contributed by atoms with E-state index in [0.717, 1.165) is 17.3 Å². The minimum absolute atomic E-state index is 0.0713. The van der Waals surface area contributed by atoms with E-state index in [9.17, 15) is 8.78 Å². The zero-order chi connectivity index (χ0) is 18.7. The monoisotopic (exact) mass is 351 g/mol. The van der Waals surface area contributed by atoms with Crippen LogP contribution in [-0.2, 0) is 5.41 Å². The van der Waals surface area contributed by atoms with Crippen LogP contribution in [0.3, 0.4) is 0 Å². The molecule has 0 saturated heterocycles. The molecule has 0 bridgehead atoms. The number of hydrogen-bond acceptors (Lipinski definition) is 3. The predicted octanol–water partition coefficient (Wildman–Crippen LogP) is 4.82. The summed E-state index contributed by atoms with van der Waals surface area (Å²) < 4.78 is 27.3. The van der Waals surface area contributed by atoms with Crippen molar-refractivity contribution in [2.24, 2.45) is 4.99 Å². The summed E-state index contributed by atoms with van der Waals surface area (Å²) in [6, 6.07) is 12.4. The zero-order valence-electron chi connectivity index (χ0n) is 15.1. The first-order chi connectivity index (χ1) is 12.2. The van der Waals surface area contributed by atoms with Gasteiger partial charge in [-0.05, 0) is 37.6 Å². The van der Waals surface area contributed by atoms with Crippen LogP contribution >= 0.6 is 0 Å². The second-order valence-electron chi connectivity index (χ2n) is 7.72. The topological polar surface area (TPSA) is 38.1 Å². The molecule has 2 heterocycles. The molecule has 1 aromatic heterocycles. The van der Waals surface area contributed by atoms with Gasteiger partial charge in [-0.3, -0.25) is 4.99 Å². The van der Waals surface area contributed by atoms with E-state index in [1.807, 2.05) is 18.2 Å². The van der Waals surface area contributed by atoms with Crippen LogP contribution in [0.15, 0.2) is 47.5 Å². The van der Waals surface area contributed by atoms with Crippen molar-refractivity contribution in [3.63, 3.8) is 0 Å². The molecule has 2 aromatic carbocycles. The molecular weight excluding hydrogens is 332 g/mol. The Labute approximate surface area is 150 Å². The van der Waals surface area contributed by atoms with Gasteiger partial charge in [0.15, 0.2) is 11.6 Å². The van der Waals surface area contributed by atoms with Gasteiger partial charge in [-0.2, -0.15) is 0 Å². The highest BCUT2D eigenvalue weighted by Gasteiger charge is 2.43. The first-order valence-electron chi connectivity index (χ1n) is 8.54. The van der Waals surface area contributed by atoms with Crippen LogP contribution in [0.2, 0.25) is 0 Å². The Morgan fingerprint density at radius 3 is 2.38 bits per heavy atom. The number of halogens is 2. The average Bonchev–Trinajstić information content (AvgIpc) is 2.61. The van der Waals surface area contributed by atoms with E-state index < -0.39 is 11.6 Å². The van der Waals surface area contributed by atoms with Gasteiger partial charge < -0.3 is 0 Å². The number of fused-ring (bicyclic) bond motifs is 2. The van der Waals surface area contributed by atoms with Crippen LogP contribution in [0, 0.1) is 11.6 Å². The number of aromatic nitrogens is 2. The van der Waals surface area contributed by atoms with Crippen LogP contribution in [0.5, 0.6) is 0 Å². The minimum atomic E-state index is -0.978. The lowest BCUT2D eigenvalue weighted by Crippen LogP contribution is -2.46. The molecule has 0 saturated carbocycles. The Morgan fingerprint density at radius 2 is 1.62 bits per heavy atom. The van der Waals surface area contributed by atoms with Gasteiger partial charge in [0.1, 0.15) is 11.2 Å². The van der Waals surface area contributed by atoms with E-state index in [-0.39, 0.29) is 16.5 Å². The summed E-state index contributed by atoms with van der Waals surface area (Å²) in [5.74, 6) is -1.91. The van der Waals surface area contributed by atoms with Crippen molar-refractivity contribution in [1.82, 2.24) is 10.2 Å². The molecule has 0 aliphatic carbocycles. The summed E-state index contributed by atoms with van der Waals surface area (Å²) in [4.78, 5) is 4.97. The SMILES string of the molecule is CC1(C)N=C(c2cc3ccc(F)c(F)c3nn2)c2ccccc2C1(C)C. The number of hydrogen-bond donors (Lipinski definition) is 0. The maximum absolute atomic E-state index is 13.9. The van der Waals surface area contributed by atoms with Gasteiger partial charge in [0.2, 0.25) is 0 Å². The summed E-state index contributed by atoms with van der Waals surface area (Å²) in [5.41, 5.74) is 2.87. The quantitative estimate of drug-likeness (QED) is 0.631. The van der Waals surface area contributed by atoms with Gasteiger partial charge in [0.05, 0.1) is 11.3 Å². The fourth-order valence-corrected chi connectivity index (χ4v) is 3.41. The highest BCUT2D eigenvalue weighted by molar-refractivity contribution is 6.14. The Hall–Kier alpha value is -2.69. The molecule has 0 atom stereocenters. The fraction of sp³-hybridized carbons (Fsp3) is 0.286. The van der Waals surface area contributed by atoms with E-state index in [1.165, 1.54) is 11.6 Å². The molecule has 0 amide bonds. The fourth-order valence-electron chi connectivity index (χ4n) is 3.41. The van der Waals surface area contributed by atoms with Crippen molar-refractivity contribution >= 4 is 16.6 Å². The Kier molecular flexibility index (Phi) is 3.48. The third-order valence-corrected chi connectivity index (χ3v) is 5.67. The molecule has 0 spiro atoms. The lowest BCUT2D eigenvalue weighted by Gasteiger charge is -2.44. The Balaban J connectivity index is 1.97. The molecule has 1 aliphatic rings. The van der Waals surface area contributed by atoms with Crippen molar-refractivity contribution in [1.29, 1.82) is 0 Å². The predicted molar refractivity (Wildman–Crippen MR) is 98.6 cm³/mol. The molecule has 5 heteroatoms. The van der Waals surface area contributed by atoms with E-state index in [1.54, 1.807) is 6.07 Å². The molecule has 0 radical (unpaired) electrons. The molecule has 1 aliphatic heterocycles. The molecule has 26 heavy (non-hydrogen) atoms. The molecule has 4 rings (SSSR count). The minimum Gasteiger partial charge on any atom is -0.275 e. The van der Waals surface area contributed by atoms with Crippen LogP contribution in [-0.4, -0.2) is 21.4 Å². The van der Waals surface area contributed by atoms with E-state index in [4.69, 9.17) is 4.99 Å². The number of aliphatic imine (C=N–C) groups is 1. The van der Waals surface area contributed by atoms with Gasteiger partial charge in [0.25, 0.3) is 0 Å². The van der Waals surface area contributed by atoms with Crippen LogP contribution < -0.4 is 0 Å². The van der Waals surface area contributed by atoms with Crippen molar-refractivity contribution in [2.45, 2.75) is 38.6 Å². The Bertz CT molecular complexity index is 1070. The maximum Gasteiger partial charge on any atom is 0.186 e. The first kappa shape index (κ1) is 16.8. The standard InChI is InChI=1S/C21H19F2N3/c1-20(2)14-8-6-5-7-13(14)19(24-21(20,3)4)16-11-12-9-10-15(22)17(23)18(12)26-25-16/h5-11H,1-4H3. The molecule has 3 aromatic rings. The normalized spacial score (nSPS) is 17.7. The highest BCUT2D eigenvalue weighted by atomic mass is 19.2. The van der Waals surface area contributed by atoms with Crippen molar-refractivity contribution in [3.8, 4) is 0 Å². The largest absolute Gasteiger partial charge is 0.275 e. The van der Waals surface area contributed by atoms with E-state index >= 15 is 0 Å². The third kappa shape index (κ3) is 2.26. The summed E-state index contributed by atoms with van der Waals surface area (Å²) in [6.07, 6.45) is 0. The van der Waals surface area contributed by atoms with Gasteiger partial charge in [-0.1, -0.05) is 38.1 Å². The van der Waals surface area contributed by atoms with Crippen LogP contribution in [0.25, 0.3) is 10.9 Å². The lowest BCUT2D eigenvalue weighted by molar-refractivity contribution is 0.303. The van der Waals surface area contributed by atoms with Gasteiger partial charge in [0, 0.05) is 16.4 Å². The highest BCUT2D eigenvalue weighted by Crippen LogP contribution is 2.43. The number of benzene rings is 2. The first-order valence-corrected chi connectivity index (χ1v) is 8.54. The summed E-state index contributed by atoms with van der Waals surface area (Å²) in [7, 11) is 0. The molecular formula is C21H19F2N3. The van der Waals surface area contributed by atoms with Gasteiger partial charge in [-0.15, -0.1) is 10.2 Å². The molecule has 3 nitrogen and oxygen atoms in total. The molecule has 0 fully saturated rings. The third-order valence-electron chi connectivity index (χ3n) is 5.67. The maximum atomic E-state index is 13.9. The summed E-state index contributed by atoms with van der Waals surface area (Å²) in [5, 5.41) is 8.58. The molecule has 132 valence electrons. The van der Waals surface area contributed by atoms with Gasteiger partial charge in [-0.25, -0.2) is 8.78 Å².